The van der Waals surface area contributed by atoms with Gasteiger partial charge in [-0.1, -0.05) is 0 Å². The number of halogens is 2. The highest BCUT2D eigenvalue weighted by Gasteiger charge is 2.41. The van der Waals surface area contributed by atoms with E-state index in [4.69, 9.17) is 15.2 Å². The first-order chi connectivity index (χ1) is 10.0. The molecule has 22 heavy (non-hydrogen) atoms. The van der Waals surface area contributed by atoms with Gasteiger partial charge in [0.25, 0.3) is 5.91 Å². The zero-order valence-electron chi connectivity index (χ0n) is 12.4. The Balaban J connectivity index is 0.00000176. The predicted octanol–water partition coefficient (Wildman–Crippen LogP) is 2.50. The molecule has 5 nitrogen and oxygen atoms in total. The minimum Gasteiger partial charge on any atom is -0.486 e. The molecule has 1 aromatic rings. The van der Waals surface area contributed by atoms with Gasteiger partial charge in [-0.15, -0.1) is 12.4 Å². The molecule has 3 rings (SSSR count). The van der Waals surface area contributed by atoms with Crippen molar-refractivity contribution in [3.05, 3.63) is 22.2 Å². The molecule has 0 aromatic heterocycles. The molecule has 1 heterocycles. The Morgan fingerprint density at radius 1 is 1.41 bits per heavy atom. The molecular formula is C15H20BrClN2O3. The molecule has 1 aliphatic heterocycles. The van der Waals surface area contributed by atoms with Crippen molar-refractivity contribution in [1.82, 2.24) is 5.32 Å². The van der Waals surface area contributed by atoms with Gasteiger partial charge in [0.15, 0.2) is 11.5 Å². The van der Waals surface area contributed by atoms with Gasteiger partial charge in [0.05, 0.1) is 10.0 Å². The zero-order valence-corrected chi connectivity index (χ0v) is 14.8. The fourth-order valence-corrected chi connectivity index (χ4v) is 3.17. The molecule has 0 radical (unpaired) electrons. The van der Waals surface area contributed by atoms with Crippen molar-refractivity contribution in [2.75, 3.05) is 19.8 Å². The van der Waals surface area contributed by atoms with Crippen LogP contribution in [0.2, 0.25) is 0 Å². The van der Waals surface area contributed by atoms with Gasteiger partial charge in [-0.3, -0.25) is 4.79 Å². The van der Waals surface area contributed by atoms with E-state index in [1.807, 2.05) is 6.92 Å². The van der Waals surface area contributed by atoms with Crippen molar-refractivity contribution < 1.29 is 14.3 Å². The lowest BCUT2D eigenvalue weighted by atomic mass is 9.95. The molecular weight excluding hydrogens is 372 g/mol. The second kappa shape index (κ2) is 6.64. The molecule has 1 amide bonds. The number of carbonyl (C=O) groups is 1. The number of amides is 1. The quantitative estimate of drug-likeness (QED) is 0.827. The number of fused-ring (bicyclic) bond motifs is 1. The molecule has 1 aromatic carbocycles. The highest BCUT2D eigenvalue weighted by molar-refractivity contribution is 9.10. The van der Waals surface area contributed by atoms with Gasteiger partial charge >= 0.3 is 0 Å². The molecule has 2 aliphatic rings. The van der Waals surface area contributed by atoms with Gasteiger partial charge in [0.2, 0.25) is 0 Å². The van der Waals surface area contributed by atoms with Gasteiger partial charge in [-0.25, -0.2) is 0 Å². The van der Waals surface area contributed by atoms with Crippen molar-refractivity contribution in [2.24, 2.45) is 11.7 Å². The van der Waals surface area contributed by atoms with Crippen LogP contribution in [-0.2, 0) is 0 Å². The second-order valence-electron chi connectivity index (χ2n) is 5.83. The lowest BCUT2D eigenvalue weighted by Crippen LogP contribution is -2.53. The van der Waals surface area contributed by atoms with Crippen LogP contribution < -0.4 is 20.5 Å². The Morgan fingerprint density at radius 3 is 2.73 bits per heavy atom. The number of nitrogens with two attached hydrogens (primary N) is 1. The summed E-state index contributed by atoms with van der Waals surface area (Å²) in [5.41, 5.74) is 6.06. The second-order valence-corrected chi connectivity index (χ2v) is 6.69. The fourth-order valence-electron chi connectivity index (χ4n) is 2.61. The summed E-state index contributed by atoms with van der Waals surface area (Å²) in [6.07, 6.45) is 2.25. The number of rotatable bonds is 4. The maximum atomic E-state index is 12.5. The first kappa shape index (κ1) is 17.4. The van der Waals surface area contributed by atoms with Crippen LogP contribution in [-0.4, -0.2) is 31.2 Å². The van der Waals surface area contributed by atoms with Gasteiger partial charge in [-0.2, -0.15) is 0 Å². The Morgan fingerprint density at radius 2 is 2.09 bits per heavy atom. The van der Waals surface area contributed by atoms with Crippen molar-refractivity contribution in [3.8, 4) is 11.5 Å². The average Bonchev–Trinajstić information content (AvgIpc) is 3.32. The lowest BCUT2D eigenvalue weighted by Gasteiger charge is -2.30. The smallest absolute Gasteiger partial charge is 0.251 e. The summed E-state index contributed by atoms with van der Waals surface area (Å²) in [5.74, 6) is 1.60. The van der Waals surface area contributed by atoms with Crippen LogP contribution >= 0.6 is 28.3 Å². The van der Waals surface area contributed by atoms with Crippen LogP contribution in [0.1, 0.15) is 30.1 Å². The fraction of sp³-hybridized carbons (Fsp3) is 0.533. The number of nitrogens with one attached hydrogen (secondary N) is 1. The zero-order chi connectivity index (χ0) is 15.0. The Bertz CT molecular complexity index is 580. The highest BCUT2D eigenvalue weighted by atomic mass is 79.9. The number of hydrogen-bond donors (Lipinski definition) is 2. The number of benzene rings is 1. The largest absolute Gasteiger partial charge is 0.486 e. The van der Waals surface area contributed by atoms with E-state index in [9.17, 15) is 4.79 Å². The van der Waals surface area contributed by atoms with Crippen molar-refractivity contribution >= 4 is 34.2 Å². The summed E-state index contributed by atoms with van der Waals surface area (Å²) in [4.78, 5) is 12.5. The monoisotopic (exact) mass is 390 g/mol. The van der Waals surface area contributed by atoms with Crippen LogP contribution in [0.25, 0.3) is 0 Å². The summed E-state index contributed by atoms with van der Waals surface area (Å²) in [5, 5.41) is 3.07. The first-order valence-corrected chi connectivity index (χ1v) is 7.94. The van der Waals surface area contributed by atoms with Gasteiger partial charge < -0.3 is 20.5 Å². The van der Waals surface area contributed by atoms with E-state index in [1.54, 1.807) is 12.1 Å². The lowest BCUT2D eigenvalue weighted by molar-refractivity contribution is 0.0896. The van der Waals surface area contributed by atoms with E-state index in [-0.39, 0.29) is 23.9 Å². The van der Waals surface area contributed by atoms with Crippen LogP contribution in [0, 0.1) is 5.92 Å². The standard InChI is InChI=1S/C15H19BrN2O3.ClH/c1-15(8-17,10-2-3-10)18-14(19)9-6-11(16)13-12(7-9)20-4-5-21-13;/h6-7,10H,2-5,8,17H2,1H3,(H,18,19);1H. The van der Waals surface area contributed by atoms with Gasteiger partial charge in [0.1, 0.15) is 13.2 Å². The third kappa shape index (κ3) is 3.34. The predicted molar refractivity (Wildman–Crippen MR) is 90.0 cm³/mol. The average molecular weight is 392 g/mol. The molecule has 3 N–H and O–H groups in total. The molecule has 0 bridgehead atoms. The van der Waals surface area contributed by atoms with E-state index in [2.05, 4.69) is 21.2 Å². The molecule has 7 heteroatoms. The summed E-state index contributed by atoms with van der Waals surface area (Å²) in [6.45, 7) is 3.46. The molecule has 1 unspecified atom stereocenters. The van der Waals surface area contributed by atoms with Crippen molar-refractivity contribution in [2.45, 2.75) is 25.3 Å². The van der Waals surface area contributed by atoms with E-state index >= 15 is 0 Å². The van der Waals surface area contributed by atoms with E-state index < -0.39 is 0 Å². The molecule has 0 saturated heterocycles. The van der Waals surface area contributed by atoms with Gasteiger partial charge in [0, 0.05) is 12.1 Å². The van der Waals surface area contributed by atoms with Crippen LogP contribution in [0.15, 0.2) is 16.6 Å². The number of carbonyl (C=O) groups excluding carboxylic acids is 1. The summed E-state index contributed by atoms with van der Waals surface area (Å²) in [7, 11) is 0. The molecule has 1 fully saturated rings. The van der Waals surface area contributed by atoms with E-state index in [0.29, 0.717) is 42.7 Å². The van der Waals surface area contributed by atoms with Crippen LogP contribution in [0.4, 0.5) is 0 Å². The van der Waals surface area contributed by atoms with E-state index in [0.717, 1.165) is 17.3 Å². The molecule has 1 saturated carbocycles. The molecule has 1 aliphatic carbocycles. The van der Waals surface area contributed by atoms with Crippen LogP contribution in [0.5, 0.6) is 11.5 Å². The molecule has 0 spiro atoms. The summed E-state index contributed by atoms with van der Waals surface area (Å²) < 4.78 is 11.8. The topological polar surface area (TPSA) is 73.6 Å². The Hall–Kier alpha value is -0.980. The highest BCUT2D eigenvalue weighted by Crippen LogP contribution is 2.40. The minimum atomic E-state index is -0.336. The third-order valence-electron chi connectivity index (χ3n) is 4.16. The first-order valence-electron chi connectivity index (χ1n) is 7.15. The normalized spacial score (nSPS) is 18.9. The Labute approximate surface area is 144 Å². The number of hydrogen-bond acceptors (Lipinski definition) is 4. The maximum Gasteiger partial charge on any atom is 0.251 e. The summed E-state index contributed by atoms with van der Waals surface area (Å²) >= 11 is 3.43. The maximum absolute atomic E-state index is 12.5. The number of ether oxygens (including phenoxy) is 2. The van der Waals surface area contributed by atoms with Crippen molar-refractivity contribution in [3.63, 3.8) is 0 Å². The van der Waals surface area contributed by atoms with Gasteiger partial charge in [-0.05, 0) is 53.7 Å². The minimum absolute atomic E-state index is 0. The molecule has 1 atom stereocenters. The third-order valence-corrected chi connectivity index (χ3v) is 4.75. The van der Waals surface area contributed by atoms with Crippen molar-refractivity contribution in [1.29, 1.82) is 0 Å². The summed E-state index contributed by atoms with van der Waals surface area (Å²) in [6, 6.07) is 3.48. The Kier molecular flexibility index (Phi) is 5.25. The molecule has 122 valence electrons. The SMILES string of the molecule is CC(CN)(NC(=O)c1cc(Br)c2c(c1)OCCO2)C1CC1.Cl. The van der Waals surface area contributed by atoms with Crippen LogP contribution in [0.3, 0.4) is 0 Å². The van der Waals surface area contributed by atoms with E-state index in [1.165, 1.54) is 0 Å².